The van der Waals surface area contributed by atoms with Gasteiger partial charge < -0.3 is 5.32 Å². The van der Waals surface area contributed by atoms with E-state index in [0.29, 0.717) is 11.4 Å². The maximum Gasteiger partial charge on any atom is 0.263 e. The molecule has 0 aliphatic carbocycles. The third-order valence-electron chi connectivity index (χ3n) is 4.97. The fourth-order valence-electron chi connectivity index (χ4n) is 3.34. The number of amides is 3. The second-order valence-corrected chi connectivity index (χ2v) is 6.89. The van der Waals surface area contributed by atoms with Gasteiger partial charge in [-0.05, 0) is 49.2 Å². The molecule has 3 amide bonds. The first-order valence-electron chi connectivity index (χ1n) is 8.93. The van der Waals surface area contributed by atoms with Crippen LogP contribution in [0.2, 0.25) is 0 Å². The Balaban J connectivity index is 1.51. The molecule has 0 aromatic heterocycles. The first-order valence-corrected chi connectivity index (χ1v) is 8.93. The van der Waals surface area contributed by atoms with E-state index in [-0.39, 0.29) is 12.5 Å². The number of para-hydroxylation sites is 1. The topological polar surface area (TPSA) is 94.4 Å². The molecule has 4 rings (SSSR count). The Morgan fingerprint density at radius 1 is 1.04 bits per heavy atom. The molecular formula is C20H19N5O3. The quantitative estimate of drug-likeness (QED) is 0.827. The van der Waals surface area contributed by atoms with Crippen LogP contribution < -0.4 is 10.2 Å². The molecule has 1 fully saturated rings. The van der Waals surface area contributed by atoms with Gasteiger partial charge >= 0.3 is 0 Å². The number of fused-ring (bicyclic) bond motifs is 1. The molecule has 2 aliphatic rings. The number of benzene rings is 2. The molecular weight excluding hydrogens is 358 g/mol. The molecule has 2 heterocycles. The van der Waals surface area contributed by atoms with Crippen molar-refractivity contribution in [2.24, 2.45) is 10.3 Å². The largest absolute Gasteiger partial charge is 0.324 e. The van der Waals surface area contributed by atoms with Gasteiger partial charge in [-0.25, -0.2) is 4.90 Å². The molecule has 8 heteroatoms. The predicted octanol–water partition coefficient (Wildman–Crippen LogP) is 2.24. The first-order chi connectivity index (χ1) is 13.5. The molecule has 0 radical (unpaired) electrons. The van der Waals surface area contributed by atoms with E-state index in [9.17, 15) is 14.4 Å². The van der Waals surface area contributed by atoms with Crippen LogP contribution in [0, 0.1) is 13.8 Å². The van der Waals surface area contributed by atoms with E-state index in [1.807, 2.05) is 38.1 Å². The maximum atomic E-state index is 13.0. The van der Waals surface area contributed by atoms with Gasteiger partial charge in [-0.15, -0.1) is 0 Å². The highest BCUT2D eigenvalue weighted by Gasteiger charge is 2.55. The molecule has 2 aromatic rings. The van der Waals surface area contributed by atoms with Crippen molar-refractivity contribution in [3.05, 3.63) is 59.7 Å². The standard InChI is InChI=1S/C20H19N5O3/c1-12-8-9-15(10-13(12)2)25-19(27)17-18(20(25)28)24(23-22-17)11-16(26)21-14-6-4-3-5-7-14/h3-10,17-18H,11H2,1-2H3,(H,21,26)/t17-,18+/m0/s1. The number of nitrogens with one attached hydrogen (secondary N) is 1. The van der Waals surface area contributed by atoms with Gasteiger partial charge in [0, 0.05) is 5.69 Å². The Kier molecular flexibility index (Phi) is 4.38. The fraction of sp³-hybridized carbons (Fsp3) is 0.250. The minimum Gasteiger partial charge on any atom is -0.324 e. The number of anilines is 2. The Bertz CT molecular complexity index is 989. The van der Waals surface area contributed by atoms with Gasteiger partial charge in [-0.3, -0.25) is 19.4 Å². The second kappa shape index (κ2) is 6.88. The van der Waals surface area contributed by atoms with Gasteiger partial charge in [-0.1, -0.05) is 29.5 Å². The lowest BCUT2D eigenvalue weighted by Crippen LogP contribution is -2.43. The average Bonchev–Trinajstić information content (AvgIpc) is 3.18. The van der Waals surface area contributed by atoms with Crippen molar-refractivity contribution in [3.8, 4) is 0 Å². The van der Waals surface area contributed by atoms with Crippen LogP contribution in [0.25, 0.3) is 0 Å². The van der Waals surface area contributed by atoms with Crippen LogP contribution in [0.5, 0.6) is 0 Å². The summed E-state index contributed by atoms with van der Waals surface area (Å²) in [6.45, 7) is 3.72. The highest BCUT2D eigenvalue weighted by atomic mass is 16.2. The van der Waals surface area contributed by atoms with E-state index in [1.54, 1.807) is 24.3 Å². The van der Waals surface area contributed by atoms with Crippen LogP contribution in [0.4, 0.5) is 11.4 Å². The minimum atomic E-state index is -0.918. The summed E-state index contributed by atoms with van der Waals surface area (Å²) in [5, 5.41) is 11.9. The fourth-order valence-corrected chi connectivity index (χ4v) is 3.34. The van der Waals surface area contributed by atoms with Gasteiger partial charge in [0.05, 0.1) is 5.69 Å². The molecule has 28 heavy (non-hydrogen) atoms. The normalized spacial score (nSPS) is 20.6. The lowest BCUT2D eigenvalue weighted by atomic mass is 10.1. The zero-order valence-corrected chi connectivity index (χ0v) is 15.5. The number of aryl methyl sites for hydroxylation is 2. The van der Waals surface area contributed by atoms with Crippen molar-refractivity contribution in [2.75, 3.05) is 16.8 Å². The van der Waals surface area contributed by atoms with Crippen LogP contribution in [-0.2, 0) is 14.4 Å². The molecule has 2 aromatic carbocycles. The van der Waals surface area contributed by atoms with Gasteiger partial charge in [-0.2, -0.15) is 5.11 Å². The van der Waals surface area contributed by atoms with Crippen LogP contribution >= 0.6 is 0 Å². The van der Waals surface area contributed by atoms with E-state index in [4.69, 9.17) is 0 Å². The summed E-state index contributed by atoms with van der Waals surface area (Å²) in [5.41, 5.74) is 3.21. The molecule has 0 unspecified atom stereocenters. The smallest absolute Gasteiger partial charge is 0.263 e. The van der Waals surface area contributed by atoms with Gasteiger partial charge in [0.1, 0.15) is 6.54 Å². The number of imide groups is 1. The average molecular weight is 377 g/mol. The molecule has 1 N–H and O–H groups in total. The number of carbonyl (C=O) groups is 3. The lowest BCUT2D eigenvalue weighted by molar-refractivity contribution is -0.123. The van der Waals surface area contributed by atoms with Crippen LogP contribution in [-0.4, -0.2) is 41.4 Å². The number of hydrogen-bond donors (Lipinski definition) is 1. The number of carbonyl (C=O) groups excluding carboxylic acids is 3. The Hall–Kier alpha value is -3.55. The van der Waals surface area contributed by atoms with Crippen molar-refractivity contribution < 1.29 is 14.4 Å². The van der Waals surface area contributed by atoms with Crippen molar-refractivity contribution in [1.82, 2.24) is 5.01 Å². The first kappa shape index (κ1) is 17.8. The number of nitrogens with zero attached hydrogens (tertiary/aromatic N) is 4. The van der Waals surface area contributed by atoms with E-state index in [1.165, 1.54) is 5.01 Å². The monoisotopic (exact) mass is 377 g/mol. The van der Waals surface area contributed by atoms with Crippen LogP contribution in [0.1, 0.15) is 11.1 Å². The predicted molar refractivity (Wildman–Crippen MR) is 103 cm³/mol. The molecule has 1 saturated heterocycles. The summed E-state index contributed by atoms with van der Waals surface area (Å²) >= 11 is 0. The van der Waals surface area contributed by atoms with Crippen molar-refractivity contribution in [2.45, 2.75) is 25.9 Å². The third kappa shape index (κ3) is 3.02. The van der Waals surface area contributed by atoms with Gasteiger partial charge in [0.25, 0.3) is 11.8 Å². The van der Waals surface area contributed by atoms with Crippen LogP contribution in [0.15, 0.2) is 58.9 Å². The summed E-state index contributed by atoms with van der Waals surface area (Å²) in [5.74, 6) is -1.18. The van der Waals surface area contributed by atoms with Crippen molar-refractivity contribution >= 4 is 29.1 Å². The van der Waals surface area contributed by atoms with Gasteiger partial charge in [0.15, 0.2) is 12.1 Å². The molecule has 8 nitrogen and oxygen atoms in total. The summed E-state index contributed by atoms with van der Waals surface area (Å²) in [6, 6.07) is 12.6. The Labute approximate surface area is 161 Å². The van der Waals surface area contributed by atoms with Crippen LogP contribution in [0.3, 0.4) is 0 Å². The zero-order chi connectivity index (χ0) is 19.8. The van der Waals surface area contributed by atoms with E-state index in [2.05, 4.69) is 15.7 Å². The minimum absolute atomic E-state index is 0.167. The Morgan fingerprint density at radius 2 is 1.79 bits per heavy atom. The maximum absolute atomic E-state index is 13.0. The van der Waals surface area contributed by atoms with E-state index < -0.39 is 23.9 Å². The molecule has 0 bridgehead atoms. The number of rotatable bonds is 4. The second-order valence-electron chi connectivity index (χ2n) is 6.89. The number of hydrogen-bond acceptors (Lipinski definition) is 6. The van der Waals surface area contributed by atoms with E-state index >= 15 is 0 Å². The molecule has 2 atom stereocenters. The Morgan fingerprint density at radius 3 is 2.50 bits per heavy atom. The summed E-state index contributed by atoms with van der Waals surface area (Å²) < 4.78 is 0. The van der Waals surface area contributed by atoms with Crippen molar-refractivity contribution in [1.29, 1.82) is 0 Å². The van der Waals surface area contributed by atoms with E-state index in [0.717, 1.165) is 16.0 Å². The highest BCUT2D eigenvalue weighted by Crippen LogP contribution is 2.32. The highest BCUT2D eigenvalue weighted by molar-refractivity contribution is 6.25. The van der Waals surface area contributed by atoms with Gasteiger partial charge in [0.2, 0.25) is 5.91 Å². The molecule has 0 spiro atoms. The summed E-state index contributed by atoms with van der Waals surface area (Å²) in [4.78, 5) is 39.2. The van der Waals surface area contributed by atoms with Crippen molar-refractivity contribution in [3.63, 3.8) is 0 Å². The molecule has 2 aliphatic heterocycles. The SMILES string of the molecule is Cc1ccc(N2C(=O)[C@H]3N=NN(CC(=O)Nc4ccccc4)[C@H]3C2=O)cc1C. The molecule has 142 valence electrons. The molecule has 0 saturated carbocycles. The summed E-state index contributed by atoms with van der Waals surface area (Å²) in [6.07, 6.45) is 0. The third-order valence-corrected chi connectivity index (χ3v) is 4.97. The zero-order valence-electron chi connectivity index (χ0n) is 15.5. The lowest BCUT2D eigenvalue weighted by Gasteiger charge is -2.20. The summed E-state index contributed by atoms with van der Waals surface area (Å²) in [7, 11) is 0.